The van der Waals surface area contributed by atoms with Gasteiger partial charge >= 0.3 is 12.0 Å². The highest BCUT2D eigenvalue weighted by atomic mass is 79.9. The fraction of sp³-hybridized carbons (Fsp3) is 0.450. The first kappa shape index (κ1) is 24.7. The number of aromatic nitrogens is 2. The van der Waals surface area contributed by atoms with Crippen molar-refractivity contribution in [3.8, 4) is 29.3 Å². The van der Waals surface area contributed by atoms with Crippen LogP contribution in [0, 0.1) is 0 Å². The van der Waals surface area contributed by atoms with Crippen LogP contribution >= 0.6 is 15.9 Å². The number of hydrogen-bond acceptors (Lipinski definition) is 9. The number of rotatable bonds is 11. The van der Waals surface area contributed by atoms with E-state index < -0.39 is 14.0 Å². The lowest BCUT2D eigenvalue weighted by molar-refractivity contribution is 0.0518. The molecule has 0 amide bonds. The van der Waals surface area contributed by atoms with E-state index in [0.29, 0.717) is 18.5 Å². The van der Waals surface area contributed by atoms with Gasteiger partial charge in [-0.3, -0.25) is 0 Å². The lowest BCUT2D eigenvalue weighted by atomic mass is 10.1. The predicted molar refractivity (Wildman–Crippen MR) is 124 cm³/mol. The van der Waals surface area contributed by atoms with Crippen LogP contribution in [0.3, 0.4) is 0 Å². The molecule has 9 nitrogen and oxygen atoms in total. The van der Waals surface area contributed by atoms with Gasteiger partial charge in [0.15, 0.2) is 5.75 Å². The second-order valence-corrected chi connectivity index (χ2v) is 14.1. The zero-order valence-electron chi connectivity index (χ0n) is 18.4. The Bertz CT molecular complexity index is 885. The van der Waals surface area contributed by atoms with E-state index >= 15 is 0 Å². The van der Waals surface area contributed by atoms with Crippen LogP contribution in [0.2, 0.25) is 25.7 Å². The van der Waals surface area contributed by atoms with Crippen LogP contribution in [0.15, 0.2) is 18.2 Å². The fourth-order valence-electron chi connectivity index (χ4n) is 2.41. The maximum Gasteiger partial charge on any atom is 0.345 e. The highest BCUT2D eigenvalue weighted by Crippen LogP contribution is 2.37. The summed E-state index contributed by atoms with van der Waals surface area (Å²) in [4.78, 5) is 21.3. The SMILES string of the molecule is COc1cc(OC)nc(Oc2ccc(N)c(OCCBr)c2C(=O)OCC[Si](C)(C)C)n1. The minimum Gasteiger partial charge on any atom is -0.489 e. The highest BCUT2D eigenvalue weighted by Gasteiger charge is 2.25. The van der Waals surface area contributed by atoms with Crippen molar-refractivity contribution in [1.29, 1.82) is 0 Å². The number of alkyl halides is 1. The molecular weight excluding hydrogens is 486 g/mol. The summed E-state index contributed by atoms with van der Waals surface area (Å²) < 4.78 is 27.4. The van der Waals surface area contributed by atoms with E-state index in [4.69, 9.17) is 29.4 Å². The molecule has 1 aromatic heterocycles. The maximum absolute atomic E-state index is 13.0. The lowest BCUT2D eigenvalue weighted by Gasteiger charge is -2.18. The molecule has 0 aliphatic heterocycles. The number of ether oxygens (including phenoxy) is 5. The van der Waals surface area contributed by atoms with E-state index in [9.17, 15) is 4.79 Å². The van der Waals surface area contributed by atoms with Gasteiger partial charge in [-0.2, -0.15) is 9.97 Å². The Hall–Kier alpha value is -2.53. The minimum absolute atomic E-state index is 0.0661. The quantitative estimate of drug-likeness (QED) is 0.204. The summed E-state index contributed by atoms with van der Waals surface area (Å²) in [6, 6.07) is 5.39. The molecule has 1 aromatic carbocycles. The van der Waals surface area contributed by atoms with Crippen molar-refractivity contribution in [2.45, 2.75) is 25.7 Å². The number of halogens is 1. The summed E-state index contributed by atoms with van der Waals surface area (Å²) in [6.45, 7) is 7.20. The van der Waals surface area contributed by atoms with Crippen molar-refractivity contribution in [2.24, 2.45) is 0 Å². The number of hydrogen-bond donors (Lipinski definition) is 1. The largest absolute Gasteiger partial charge is 0.489 e. The molecule has 2 rings (SSSR count). The number of carbonyl (C=O) groups excluding carboxylic acids is 1. The number of nitrogens with two attached hydrogens (primary N) is 1. The Morgan fingerprint density at radius 1 is 1.10 bits per heavy atom. The van der Waals surface area contributed by atoms with Crippen LogP contribution in [-0.4, -0.2) is 56.8 Å². The third-order valence-corrected chi connectivity index (χ3v) is 6.07. The Balaban J connectivity index is 2.43. The summed E-state index contributed by atoms with van der Waals surface area (Å²) in [6.07, 6.45) is 0. The monoisotopic (exact) mass is 513 g/mol. The molecule has 0 aliphatic carbocycles. The highest BCUT2D eigenvalue weighted by molar-refractivity contribution is 9.09. The van der Waals surface area contributed by atoms with Crippen LogP contribution in [0.4, 0.5) is 5.69 Å². The summed E-state index contributed by atoms with van der Waals surface area (Å²) >= 11 is 3.30. The van der Waals surface area contributed by atoms with Crippen molar-refractivity contribution in [3.63, 3.8) is 0 Å². The molecule has 0 saturated heterocycles. The van der Waals surface area contributed by atoms with Crippen LogP contribution in [0.5, 0.6) is 29.3 Å². The van der Waals surface area contributed by atoms with Crippen LogP contribution in [0.25, 0.3) is 0 Å². The number of esters is 1. The number of methoxy groups -OCH3 is 2. The van der Waals surface area contributed by atoms with Crippen molar-refractivity contribution in [2.75, 3.05) is 38.5 Å². The average molecular weight is 514 g/mol. The van der Waals surface area contributed by atoms with Gasteiger partial charge in [0.25, 0.3) is 0 Å². The summed E-state index contributed by atoms with van der Waals surface area (Å²) in [5.41, 5.74) is 6.44. The molecule has 0 aliphatic rings. The van der Waals surface area contributed by atoms with Gasteiger partial charge in [-0.05, 0) is 18.2 Å². The van der Waals surface area contributed by atoms with Crippen molar-refractivity contribution in [3.05, 3.63) is 23.8 Å². The average Bonchev–Trinajstić information content (AvgIpc) is 2.72. The molecule has 0 bridgehead atoms. The van der Waals surface area contributed by atoms with E-state index in [1.54, 1.807) is 12.1 Å². The molecule has 0 fully saturated rings. The Morgan fingerprint density at radius 3 is 2.29 bits per heavy atom. The molecule has 0 atom stereocenters. The van der Waals surface area contributed by atoms with Gasteiger partial charge in [-0.25, -0.2) is 4.79 Å². The molecule has 0 unspecified atom stereocenters. The second kappa shape index (κ2) is 11.2. The molecule has 1 heterocycles. The van der Waals surface area contributed by atoms with Crippen molar-refractivity contribution in [1.82, 2.24) is 9.97 Å². The molecule has 0 spiro atoms. The molecule has 0 saturated carbocycles. The number of carbonyl (C=O) groups is 1. The summed E-state index contributed by atoms with van der Waals surface area (Å²) in [5.74, 6) is 0.219. The number of nitrogen functional groups attached to an aromatic ring is 1. The molecule has 31 heavy (non-hydrogen) atoms. The van der Waals surface area contributed by atoms with E-state index in [1.807, 2.05) is 0 Å². The fourth-order valence-corrected chi connectivity index (χ4v) is 3.29. The normalized spacial score (nSPS) is 11.0. The van der Waals surface area contributed by atoms with E-state index in [2.05, 4.69) is 45.5 Å². The third kappa shape index (κ3) is 7.28. The summed E-state index contributed by atoms with van der Waals surface area (Å²) in [7, 11) is 1.54. The Labute approximate surface area is 191 Å². The lowest BCUT2D eigenvalue weighted by Crippen LogP contribution is -2.23. The van der Waals surface area contributed by atoms with Crippen LogP contribution in [-0.2, 0) is 4.74 Å². The van der Waals surface area contributed by atoms with Gasteiger partial charge in [0.05, 0.1) is 39.2 Å². The number of anilines is 1. The molecular formula is C20H28BrN3O6Si. The first-order chi connectivity index (χ1) is 14.7. The Kier molecular flexibility index (Phi) is 8.93. The van der Waals surface area contributed by atoms with Crippen LogP contribution < -0.4 is 24.7 Å². The first-order valence-electron chi connectivity index (χ1n) is 9.61. The number of nitrogens with zero attached hydrogens (tertiary/aromatic N) is 2. The first-order valence-corrected chi connectivity index (χ1v) is 14.4. The van der Waals surface area contributed by atoms with Crippen molar-refractivity contribution >= 4 is 35.7 Å². The van der Waals surface area contributed by atoms with Gasteiger partial charge in [0.2, 0.25) is 11.8 Å². The second-order valence-electron chi connectivity index (χ2n) is 7.68. The van der Waals surface area contributed by atoms with Crippen molar-refractivity contribution < 1.29 is 28.5 Å². The van der Waals surface area contributed by atoms with Gasteiger partial charge in [-0.15, -0.1) is 0 Å². The zero-order chi connectivity index (χ0) is 23.0. The van der Waals surface area contributed by atoms with Gasteiger partial charge in [0.1, 0.15) is 11.3 Å². The topological polar surface area (TPSA) is 115 Å². The van der Waals surface area contributed by atoms with Gasteiger partial charge < -0.3 is 29.4 Å². The zero-order valence-corrected chi connectivity index (χ0v) is 20.9. The van der Waals surface area contributed by atoms with E-state index in [1.165, 1.54) is 20.3 Å². The minimum atomic E-state index is -1.38. The van der Waals surface area contributed by atoms with Gasteiger partial charge in [0, 0.05) is 13.4 Å². The Morgan fingerprint density at radius 2 is 1.74 bits per heavy atom. The molecule has 2 N–H and O–H groups in total. The van der Waals surface area contributed by atoms with Gasteiger partial charge in [-0.1, -0.05) is 35.6 Å². The van der Waals surface area contributed by atoms with E-state index in [-0.39, 0.29) is 40.5 Å². The predicted octanol–water partition coefficient (Wildman–Crippen LogP) is 4.14. The summed E-state index contributed by atoms with van der Waals surface area (Å²) in [5, 5.41) is 0.553. The van der Waals surface area contributed by atoms with E-state index in [0.717, 1.165) is 6.04 Å². The standard InChI is InChI=1S/C20H28BrN3O6Si/c1-26-15-12-16(27-2)24-20(23-15)30-14-7-6-13(22)18(28-9-8-21)17(14)19(25)29-10-11-31(3,4)5/h6-7,12H,8-11,22H2,1-5H3. The molecule has 11 heteroatoms. The maximum atomic E-state index is 13.0. The third-order valence-electron chi connectivity index (χ3n) is 4.04. The van der Waals surface area contributed by atoms with Crippen LogP contribution in [0.1, 0.15) is 10.4 Å². The molecule has 170 valence electrons. The smallest absolute Gasteiger partial charge is 0.345 e. The number of benzene rings is 1. The molecule has 0 radical (unpaired) electrons. The molecule has 2 aromatic rings.